The van der Waals surface area contributed by atoms with Gasteiger partial charge < -0.3 is 10.4 Å². The van der Waals surface area contributed by atoms with Crippen molar-refractivity contribution in [2.24, 2.45) is 0 Å². The second-order valence-electron chi connectivity index (χ2n) is 7.24. The smallest absolute Gasteiger partial charge is 0.220 e. The van der Waals surface area contributed by atoms with Crippen molar-refractivity contribution in [2.45, 2.75) is 116 Å². The summed E-state index contributed by atoms with van der Waals surface area (Å²) in [6.45, 7) is 4.50. The number of allylic oxidation sites excluding steroid dienone is 2. The number of carbonyl (C=O) groups excluding carboxylic acids is 1. The zero-order valence-corrected chi connectivity index (χ0v) is 18.6. The summed E-state index contributed by atoms with van der Waals surface area (Å²) >= 11 is 0. The lowest BCUT2D eigenvalue weighted by Crippen LogP contribution is -2.39. The van der Waals surface area contributed by atoms with Crippen molar-refractivity contribution >= 4 is 18.3 Å². The monoisotopic (exact) mass is 404 g/mol. The van der Waals surface area contributed by atoms with Crippen LogP contribution in [0.5, 0.6) is 0 Å². The molecule has 0 heterocycles. The molecule has 162 valence electrons. The molecule has 0 aromatic heterocycles. The Morgan fingerprint density at radius 1 is 0.852 bits per heavy atom. The van der Waals surface area contributed by atoms with Crippen LogP contribution in [0.4, 0.5) is 0 Å². The number of halogens is 1. The van der Waals surface area contributed by atoms with E-state index in [0.717, 1.165) is 12.8 Å². The van der Waals surface area contributed by atoms with Gasteiger partial charge in [-0.05, 0) is 38.5 Å². The number of nitrogens with one attached hydrogen (secondary N) is 2. The lowest BCUT2D eigenvalue weighted by molar-refractivity contribution is -0.121. The van der Waals surface area contributed by atoms with Crippen molar-refractivity contribution < 1.29 is 9.90 Å². The van der Waals surface area contributed by atoms with E-state index < -0.39 is 6.23 Å². The van der Waals surface area contributed by atoms with Gasteiger partial charge in [0.25, 0.3) is 0 Å². The van der Waals surface area contributed by atoms with Gasteiger partial charge in [0.2, 0.25) is 5.91 Å². The molecule has 0 bridgehead atoms. The Kier molecular flexibility index (Phi) is 24.9. The molecule has 0 aromatic carbocycles. The molecular weight excluding hydrogens is 360 g/mol. The third-order valence-corrected chi connectivity index (χ3v) is 4.68. The van der Waals surface area contributed by atoms with Gasteiger partial charge in [-0.2, -0.15) is 0 Å². The third kappa shape index (κ3) is 23.4. The van der Waals surface area contributed by atoms with Crippen LogP contribution >= 0.6 is 12.4 Å². The standard InChI is InChI=1S/C22H44N2O2.ClH/c1-3-5-6-7-8-9-10-11-12-13-14-15-16-17-18-19-22(26)24-20-23-21(25)4-2;/h11-12,21,23,25H,3-10,13-20H2,1-2H3,(H,24,26);1H/b12-11-;. The molecule has 4 nitrogen and oxygen atoms in total. The lowest BCUT2D eigenvalue weighted by atomic mass is 10.1. The predicted octanol–water partition coefficient (Wildman–Crippen LogP) is 5.84. The predicted molar refractivity (Wildman–Crippen MR) is 119 cm³/mol. The molecule has 0 spiro atoms. The third-order valence-electron chi connectivity index (χ3n) is 4.68. The van der Waals surface area contributed by atoms with Gasteiger partial charge in [0.1, 0.15) is 6.23 Å². The summed E-state index contributed by atoms with van der Waals surface area (Å²) in [6, 6.07) is 0. The highest BCUT2D eigenvalue weighted by molar-refractivity contribution is 5.85. The first-order chi connectivity index (χ1) is 12.7. The Bertz CT molecular complexity index is 338. The van der Waals surface area contributed by atoms with Crippen LogP contribution in [0.2, 0.25) is 0 Å². The van der Waals surface area contributed by atoms with Crippen LogP contribution in [0.1, 0.15) is 110 Å². The Balaban J connectivity index is 0. The van der Waals surface area contributed by atoms with Crippen molar-refractivity contribution in [3.8, 4) is 0 Å². The Morgan fingerprint density at radius 3 is 1.93 bits per heavy atom. The average molecular weight is 405 g/mol. The van der Waals surface area contributed by atoms with Gasteiger partial charge in [0, 0.05) is 6.42 Å². The van der Waals surface area contributed by atoms with Gasteiger partial charge in [0.05, 0.1) is 6.67 Å². The molecule has 5 heteroatoms. The van der Waals surface area contributed by atoms with Crippen LogP contribution in [-0.4, -0.2) is 23.9 Å². The maximum absolute atomic E-state index is 11.6. The van der Waals surface area contributed by atoms with Crippen molar-refractivity contribution in [3.05, 3.63) is 12.2 Å². The van der Waals surface area contributed by atoms with Crippen LogP contribution in [-0.2, 0) is 4.79 Å². The minimum absolute atomic E-state index is 0. The number of hydrogen-bond donors (Lipinski definition) is 3. The number of hydrogen-bond acceptors (Lipinski definition) is 3. The molecule has 0 aliphatic heterocycles. The van der Waals surface area contributed by atoms with Gasteiger partial charge in [-0.3, -0.25) is 10.1 Å². The van der Waals surface area contributed by atoms with Gasteiger partial charge in [-0.15, -0.1) is 12.4 Å². The van der Waals surface area contributed by atoms with E-state index in [1.165, 1.54) is 70.6 Å². The summed E-state index contributed by atoms with van der Waals surface area (Å²) in [5, 5.41) is 14.9. The molecule has 1 amide bonds. The van der Waals surface area contributed by atoms with E-state index in [0.29, 0.717) is 19.5 Å². The van der Waals surface area contributed by atoms with Crippen LogP contribution in [0, 0.1) is 0 Å². The Hall–Kier alpha value is -0.580. The second-order valence-corrected chi connectivity index (χ2v) is 7.24. The summed E-state index contributed by atoms with van der Waals surface area (Å²) in [6.07, 6.45) is 21.9. The first-order valence-corrected chi connectivity index (χ1v) is 11.0. The average Bonchev–Trinajstić information content (AvgIpc) is 2.64. The SMILES string of the molecule is CCCCCCCC/C=C\CCCCCCCC(=O)NCNC(O)CC.Cl. The highest BCUT2D eigenvalue weighted by Gasteiger charge is 2.02. The van der Waals surface area contributed by atoms with E-state index in [1.807, 2.05) is 6.92 Å². The number of amides is 1. The minimum Gasteiger partial charge on any atom is -0.379 e. The molecule has 0 fully saturated rings. The zero-order valence-electron chi connectivity index (χ0n) is 17.8. The summed E-state index contributed by atoms with van der Waals surface area (Å²) in [7, 11) is 0. The number of aliphatic hydroxyl groups is 1. The van der Waals surface area contributed by atoms with Crippen molar-refractivity contribution in [3.63, 3.8) is 0 Å². The molecule has 0 saturated heterocycles. The van der Waals surface area contributed by atoms with Crippen LogP contribution in [0.15, 0.2) is 12.2 Å². The first kappa shape index (κ1) is 28.6. The number of carbonyl (C=O) groups is 1. The number of rotatable bonds is 19. The van der Waals surface area contributed by atoms with Gasteiger partial charge in [0.15, 0.2) is 0 Å². The lowest BCUT2D eigenvalue weighted by Gasteiger charge is -2.11. The number of unbranched alkanes of at least 4 members (excludes halogenated alkanes) is 11. The maximum atomic E-state index is 11.6. The van der Waals surface area contributed by atoms with Gasteiger partial charge in [-0.1, -0.05) is 77.4 Å². The van der Waals surface area contributed by atoms with Crippen molar-refractivity contribution in [1.82, 2.24) is 10.6 Å². The molecule has 1 unspecified atom stereocenters. The summed E-state index contributed by atoms with van der Waals surface area (Å²) in [5.74, 6) is 0.0680. The maximum Gasteiger partial charge on any atom is 0.220 e. The van der Waals surface area contributed by atoms with E-state index in [1.54, 1.807) is 0 Å². The second kappa shape index (κ2) is 23.5. The van der Waals surface area contributed by atoms with Crippen molar-refractivity contribution in [2.75, 3.05) is 6.67 Å². The Morgan fingerprint density at radius 2 is 1.37 bits per heavy atom. The highest BCUT2D eigenvalue weighted by atomic mass is 35.5. The topological polar surface area (TPSA) is 61.4 Å². The minimum atomic E-state index is -0.532. The molecular formula is C22H45ClN2O2. The zero-order chi connectivity index (χ0) is 19.3. The van der Waals surface area contributed by atoms with Crippen molar-refractivity contribution in [1.29, 1.82) is 0 Å². The fraction of sp³-hybridized carbons (Fsp3) is 0.864. The van der Waals surface area contributed by atoms with Crippen LogP contribution < -0.4 is 10.6 Å². The molecule has 0 aliphatic carbocycles. The fourth-order valence-corrected chi connectivity index (χ4v) is 2.86. The molecule has 0 rings (SSSR count). The van der Waals surface area contributed by atoms with Crippen LogP contribution in [0.25, 0.3) is 0 Å². The summed E-state index contributed by atoms with van der Waals surface area (Å²) < 4.78 is 0. The van der Waals surface area contributed by atoms with Gasteiger partial charge in [-0.25, -0.2) is 0 Å². The van der Waals surface area contributed by atoms with E-state index in [9.17, 15) is 9.90 Å². The van der Waals surface area contributed by atoms with Crippen LogP contribution in [0.3, 0.4) is 0 Å². The molecule has 0 radical (unpaired) electrons. The number of aliphatic hydroxyl groups excluding tert-OH is 1. The normalized spacial score (nSPS) is 12.1. The molecule has 0 aliphatic rings. The van der Waals surface area contributed by atoms with E-state index in [2.05, 4.69) is 29.7 Å². The highest BCUT2D eigenvalue weighted by Crippen LogP contribution is 2.09. The molecule has 0 saturated carbocycles. The quantitative estimate of drug-likeness (QED) is 0.144. The summed E-state index contributed by atoms with van der Waals surface area (Å²) in [5.41, 5.74) is 0. The Labute approximate surface area is 174 Å². The largest absolute Gasteiger partial charge is 0.379 e. The molecule has 3 N–H and O–H groups in total. The first-order valence-electron chi connectivity index (χ1n) is 11.0. The molecule has 0 aromatic rings. The van der Waals surface area contributed by atoms with E-state index >= 15 is 0 Å². The van der Waals surface area contributed by atoms with Gasteiger partial charge >= 0.3 is 0 Å². The fourth-order valence-electron chi connectivity index (χ4n) is 2.86. The van der Waals surface area contributed by atoms with E-state index in [4.69, 9.17) is 0 Å². The summed E-state index contributed by atoms with van der Waals surface area (Å²) in [4.78, 5) is 11.6. The molecule has 27 heavy (non-hydrogen) atoms. The van der Waals surface area contributed by atoms with E-state index in [-0.39, 0.29) is 18.3 Å². The molecule has 1 atom stereocenters.